The van der Waals surface area contributed by atoms with Crippen LogP contribution >= 0.6 is 12.2 Å². The Morgan fingerprint density at radius 2 is 1.57 bits per heavy atom. The minimum Gasteiger partial charge on any atom is -0.491 e. The number of thiocarbonyl (C=S) groups is 1. The van der Waals surface area contributed by atoms with Gasteiger partial charge in [-0.3, -0.25) is 10.1 Å². The Bertz CT molecular complexity index is 954. The molecule has 0 aliphatic rings. The molecule has 3 aromatic carbocycles. The van der Waals surface area contributed by atoms with Crippen LogP contribution in [0.15, 0.2) is 78.9 Å². The smallest absolute Gasteiger partial charge is 0.257 e. The number of rotatable bonds is 5. The van der Waals surface area contributed by atoms with Crippen LogP contribution in [0.25, 0.3) is 11.1 Å². The van der Waals surface area contributed by atoms with Gasteiger partial charge in [-0.1, -0.05) is 48.5 Å². The van der Waals surface area contributed by atoms with Gasteiger partial charge in [0.2, 0.25) is 0 Å². The van der Waals surface area contributed by atoms with E-state index in [1.54, 1.807) is 12.1 Å². The van der Waals surface area contributed by atoms with E-state index in [1.165, 1.54) is 0 Å². The van der Waals surface area contributed by atoms with Crippen LogP contribution in [-0.4, -0.2) is 17.1 Å². The van der Waals surface area contributed by atoms with E-state index in [-0.39, 0.29) is 17.1 Å². The van der Waals surface area contributed by atoms with Crippen molar-refractivity contribution in [1.82, 2.24) is 5.32 Å². The van der Waals surface area contributed by atoms with E-state index in [4.69, 9.17) is 17.0 Å². The van der Waals surface area contributed by atoms with Crippen molar-refractivity contribution in [3.63, 3.8) is 0 Å². The molecule has 0 saturated heterocycles. The summed E-state index contributed by atoms with van der Waals surface area (Å²) in [6, 6.07) is 24.9. The van der Waals surface area contributed by atoms with Gasteiger partial charge in [0, 0.05) is 17.3 Å². The zero-order valence-corrected chi connectivity index (χ0v) is 16.6. The van der Waals surface area contributed by atoms with Gasteiger partial charge in [0.25, 0.3) is 5.91 Å². The van der Waals surface area contributed by atoms with Crippen LogP contribution in [0.2, 0.25) is 0 Å². The Balaban J connectivity index is 1.60. The summed E-state index contributed by atoms with van der Waals surface area (Å²) in [6.45, 7) is 3.93. The number of carbonyl (C=O) groups excluding carboxylic acids is 1. The summed E-state index contributed by atoms with van der Waals surface area (Å²) < 4.78 is 5.66. The second-order valence-corrected chi connectivity index (χ2v) is 6.95. The van der Waals surface area contributed by atoms with E-state index in [9.17, 15) is 4.79 Å². The van der Waals surface area contributed by atoms with Crippen molar-refractivity contribution >= 4 is 28.9 Å². The molecule has 0 aliphatic heterocycles. The highest BCUT2D eigenvalue weighted by Gasteiger charge is 2.09. The normalized spacial score (nSPS) is 10.4. The summed E-state index contributed by atoms with van der Waals surface area (Å²) in [5, 5.41) is 5.95. The molecule has 3 aromatic rings. The van der Waals surface area contributed by atoms with Gasteiger partial charge in [-0.15, -0.1) is 0 Å². The van der Waals surface area contributed by atoms with Crippen molar-refractivity contribution in [2.24, 2.45) is 0 Å². The molecule has 4 nitrogen and oxygen atoms in total. The second-order valence-electron chi connectivity index (χ2n) is 6.55. The van der Waals surface area contributed by atoms with Crippen LogP contribution in [0.4, 0.5) is 5.69 Å². The van der Waals surface area contributed by atoms with Crippen molar-refractivity contribution in [2.75, 3.05) is 5.32 Å². The number of carbonyl (C=O) groups is 1. The van der Waals surface area contributed by atoms with Gasteiger partial charge >= 0.3 is 0 Å². The average molecular weight is 391 g/mol. The first-order valence-corrected chi connectivity index (χ1v) is 9.46. The van der Waals surface area contributed by atoms with Gasteiger partial charge in [-0.05, 0) is 61.5 Å². The van der Waals surface area contributed by atoms with Crippen molar-refractivity contribution in [1.29, 1.82) is 0 Å². The Morgan fingerprint density at radius 3 is 2.25 bits per heavy atom. The maximum atomic E-state index is 12.4. The van der Waals surface area contributed by atoms with E-state index in [0.717, 1.165) is 22.6 Å². The van der Waals surface area contributed by atoms with Crippen molar-refractivity contribution in [2.45, 2.75) is 20.0 Å². The molecule has 0 spiro atoms. The van der Waals surface area contributed by atoms with Gasteiger partial charge in [0.1, 0.15) is 5.75 Å². The molecule has 0 fully saturated rings. The highest BCUT2D eigenvalue weighted by molar-refractivity contribution is 7.80. The average Bonchev–Trinajstić information content (AvgIpc) is 2.68. The van der Waals surface area contributed by atoms with Crippen LogP contribution in [0.3, 0.4) is 0 Å². The molecule has 0 aliphatic carbocycles. The lowest BCUT2D eigenvalue weighted by molar-refractivity contribution is 0.0978. The first kappa shape index (κ1) is 19.6. The monoisotopic (exact) mass is 390 g/mol. The molecule has 2 N–H and O–H groups in total. The van der Waals surface area contributed by atoms with Crippen LogP contribution in [0, 0.1) is 0 Å². The molecule has 0 atom stereocenters. The molecular formula is C23H22N2O2S. The van der Waals surface area contributed by atoms with E-state index in [0.29, 0.717) is 5.56 Å². The lowest BCUT2D eigenvalue weighted by Gasteiger charge is -2.13. The highest BCUT2D eigenvalue weighted by atomic mass is 32.1. The number of nitrogens with one attached hydrogen (secondary N) is 2. The van der Waals surface area contributed by atoms with E-state index < -0.39 is 0 Å². The molecule has 0 heterocycles. The molecule has 142 valence electrons. The number of hydrogen-bond acceptors (Lipinski definition) is 3. The zero-order valence-electron chi connectivity index (χ0n) is 15.8. The number of ether oxygens (including phenoxy) is 1. The molecule has 28 heavy (non-hydrogen) atoms. The first-order chi connectivity index (χ1) is 13.5. The topological polar surface area (TPSA) is 50.4 Å². The predicted molar refractivity (Wildman–Crippen MR) is 118 cm³/mol. The number of hydrogen-bond donors (Lipinski definition) is 2. The van der Waals surface area contributed by atoms with Crippen molar-refractivity contribution in [3.8, 4) is 16.9 Å². The maximum absolute atomic E-state index is 12.4. The Kier molecular flexibility index (Phi) is 6.40. The SMILES string of the molecule is CC(C)Oc1cccc(NC(=S)NC(=O)c2ccc(-c3ccccc3)cc2)c1. The fourth-order valence-corrected chi connectivity index (χ4v) is 2.91. The summed E-state index contributed by atoms with van der Waals surface area (Å²) in [5.74, 6) is 0.484. The Hall–Kier alpha value is -3.18. The summed E-state index contributed by atoms with van der Waals surface area (Å²) in [5.41, 5.74) is 3.46. The molecule has 0 bridgehead atoms. The lowest BCUT2D eigenvalue weighted by Crippen LogP contribution is -2.34. The zero-order chi connectivity index (χ0) is 19.9. The summed E-state index contributed by atoms with van der Waals surface area (Å²) in [7, 11) is 0. The van der Waals surface area contributed by atoms with Crippen molar-refractivity contribution in [3.05, 3.63) is 84.4 Å². The first-order valence-electron chi connectivity index (χ1n) is 9.06. The summed E-state index contributed by atoms with van der Waals surface area (Å²) in [4.78, 5) is 12.4. The summed E-state index contributed by atoms with van der Waals surface area (Å²) >= 11 is 5.26. The molecular weight excluding hydrogens is 368 g/mol. The third-order valence-corrected chi connectivity index (χ3v) is 4.15. The minimum absolute atomic E-state index is 0.0840. The van der Waals surface area contributed by atoms with Gasteiger partial charge in [0.05, 0.1) is 6.10 Å². The molecule has 5 heteroatoms. The summed E-state index contributed by atoms with van der Waals surface area (Å²) in [6.07, 6.45) is 0.0840. The number of anilines is 1. The van der Waals surface area contributed by atoms with Gasteiger partial charge in [-0.25, -0.2) is 0 Å². The fourth-order valence-electron chi connectivity index (χ4n) is 2.70. The predicted octanol–water partition coefficient (Wildman–Crippen LogP) is 5.27. The minimum atomic E-state index is -0.258. The van der Waals surface area contributed by atoms with Gasteiger partial charge in [0.15, 0.2) is 5.11 Å². The lowest BCUT2D eigenvalue weighted by atomic mass is 10.0. The quantitative estimate of drug-likeness (QED) is 0.583. The van der Waals surface area contributed by atoms with Gasteiger partial charge < -0.3 is 10.1 Å². The number of amides is 1. The molecule has 1 amide bonds. The highest BCUT2D eigenvalue weighted by Crippen LogP contribution is 2.20. The Morgan fingerprint density at radius 1 is 0.893 bits per heavy atom. The third-order valence-electron chi connectivity index (χ3n) is 3.94. The van der Waals surface area contributed by atoms with Crippen LogP contribution in [0.1, 0.15) is 24.2 Å². The van der Waals surface area contributed by atoms with E-state index in [1.807, 2.05) is 80.6 Å². The van der Waals surface area contributed by atoms with Crippen LogP contribution in [-0.2, 0) is 0 Å². The standard InChI is InChI=1S/C23H22N2O2S/c1-16(2)27-21-10-6-9-20(15-21)24-23(28)25-22(26)19-13-11-18(12-14-19)17-7-4-3-5-8-17/h3-16H,1-2H3,(H2,24,25,26,28). The van der Waals surface area contributed by atoms with Crippen molar-refractivity contribution < 1.29 is 9.53 Å². The van der Waals surface area contributed by atoms with Gasteiger partial charge in [-0.2, -0.15) is 0 Å². The number of benzene rings is 3. The largest absolute Gasteiger partial charge is 0.491 e. The Labute approximate surface area is 170 Å². The maximum Gasteiger partial charge on any atom is 0.257 e. The van der Waals surface area contributed by atoms with Crippen LogP contribution < -0.4 is 15.4 Å². The van der Waals surface area contributed by atoms with E-state index in [2.05, 4.69) is 10.6 Å². The third kappa shape index (κ3) is 5.41. The van der Waals surface area contributed by atoms with Crippen LogP contribution in [0.5, 0.6) is 5.75 Å². The fraction of sp³-hybridized carbons (Fsp3) is 0.130. The van der Waals surface area contributed by atoms with E-state index >= 15 is 0 Å². The molecule has 0 aromatic heterocycles. The second kappa shape index (κ2) is 9.15. The molecule has 3 rings (SSSR count). The molecule has 0 radical (unpaired) electrons. The molecule has 0 unspecified atom stereocenters. The molecule has 0 saturated carbocycles.